The number of ether oxygens (including phenoxy) is 1. The number of rotatable bonds is 2. The molecule has 2 saturated carbocycles. The predicted octanol–water partition coefficient (Wildman–Crippen LogP) is 1.96. The zero-order valence-corrected chi connectivity index (χ0v) is 14.1. The minimum Gasteiger partial charge on any atom is -0.478 e. The SMILES string of the molecule is O=C1CC[C@@]2(O)[C@H]3Cc4ccc([18F])c5c4[C@@]2(CCN3CC2CC2)[C@H]1O5. The van der Waals surface area contributed by atoms with Crippen molar-refractivity contribution in [2.75, 3.05) is 13.1 Å². The molecule has 2 bridgehead atoms. The molecule has 4 nitrogen and oxygen atoms in total. The summed E-state index contributed by atoms with van der Waals surface area (Å²) in [6.45, 7) is 1.89. The summed E-state index contributed by atoms with van der Waals surface area (Å²) in [7, 11) is 0. The number of piperidine rings is 1. The first-order valence-corrected chi connectivity index (χ1v) is 9.52. The Bertz CT molecular complexity index is 806. The van der Waals surface area contributed by atoms with Gasteiger partial charge in [-0.3, -0.25) is 9.69 Å². The van der Waals surface area contributed by atoms with Gasteiger partial charge in [-0.05, 0) is 56.2 Å². The summed E-state index contributed by atoms with van der Waals surface area (Å²) < 4.78 is 20.4. The van der Waals surface area contributed by atoms with E-state index in [1.165, 1.54) is 18.9 Å². The molecule has 0 amide bonds. The van der Waals surface area contributed by atoms with E-state index in [1.54, 1.807) is 0 Å². The Kier molecular flexibility index (Phi) is 2.61. The summed E-state index contributed by atoms with van der Waals surface area (Å²) in [6.07, 6.45) is 4.02. The first kappa shape index (κ1) is 14.7. The molecule has 5 heteroatoms. The van der Waals surface area contributed by atoms with E-state index in [2.05, 4.69) is 4.90 Å². The number of halogens is 1. The molecule has 1 N–H and O–H groups in total. The Morgan fingerprint density at radius 3 is 2.96 bits per heavy atom. The van der Waals surface area contributed by atoms with Gasteiger partial charge < -0.3 is 9.84 Å². The summed E-state index contributed by atoms with van der Waals surface area (Å²) in [6, 6.07) is 3.30. The zero-order chi connectivity index (χ0) is 17.0. The quantitative estimate of drug-likeness (QED) is 0.893. The number of hydrogen-bond acceptors (Lipinski definition) is 4. The van der Waals surface area contributed by atoms with Crippen LogP contribution in [0.4, 0.5) is 4.39 Å². The van der Waals surface area contributed by atoms with Crippen LogP contribution < -0.4 is 4.74 Å². The van der Waals surface area contributed by atoms with Crippen LogP contribution in [-0.2, 0) is 16.6 Å². The third-order valence-electron chi connectivity index (χ3n) is 7.53. The van der Waals surface area contributed by atoms with Gasteiger partial charge in [-0.1, -0.05) is 6.07 Å². The molecular weight excluding hydrogens is 320 g/mol. The number of Topliss-reactive ketones (excluding diaryl/α,β-unsaturated/α-hetero) is 1. The number of nitrogens with zero attached hydrogens (tertiary/aromatic N) is 1. The smallest absolute Gasteiger partial charge is 0.174 e. The van der Waals surface area contributed by atoms with Crippen LogP contribution in [0.25, 0.3) is 0 Å². The van der Waals surface area contributed by atoms with Gasteiger partial charge >= 0.3 is 0 Å². The van der Waals surface area contributed by atoms with Crippen LogP contribution in [0.3, 0.4) is 0 Å². The lowest BCUT2D eigenvalue weighted by Gasteiger charge is -2.62. The van der Waals surface area contributed by atoms with Gasteiger partial charge in [-0.2, -0.15) is 0 Å². The van der Waals surface area contributed by atoms with Crippen molar-refractivity contribution < 1.29 is 19.0 Å². The molecule has 25 heavy (non-hydrogen) atoms. The van der Waals surface area contributed by atoms with E-state index in [1.807, 2.05) is 6.07 Å². The Balaban J connectivity index is 1.58. The maximum atomic E-state index is 14.5. The van der Waals surface area contributed by atoms with Gasteiger partial charge in [0.2, 0.25) is 0 Å². The standard InChI is InChI=1S/C20H22FNO3/c21-13-4-3-12-9-15-20(24)6-5-14(23)18-19(20,16(12)17(13)25-18)7-8-22(15)10-11-1-2-11/h3-4,11,15,18,24H,1-2,5-10H2/t15-,18+,19+,20-/m1/s1/i21-1. The van der Waals surface area contributed by atoms with Crippen molar-refractivity contribution >= 4 is 5.78 Å². The van der Waals surface area contributed by atoms with Gasteiger partial charge in [-0.25, -0.2) is 4.39 Å². The lowest BCUT2D eigenvalue weighted by molar-refractivity contribution is -0.188. The topological polar surface area (TPSA) is 49.8 Å². The van der Waals surface area contributed by atoms with E-state index in [-0.39, 0.29) is 17.6 Å². The summed E-state index contributed by atoms with van der Waals surface area (Å²) in [5.41, 5.74) is 0.113. The zero-order valence-electron chi connectivity index (χ0n) is 14.1. The number of carbonyl (C=O) groups is 1. The Hall–Kier alpha value is -1.46. The molecule has 0 aromatic heterocycles. The van der Waals surface area contributed by atoms with Crippen molar-refractivity contribution in [3.63, 3.8) is 0 Å². The summed E-state index contributed by atoms with van der Waals surface area (Å²) in [4.78, 5) is 15.1. The molecule has 1 aromatic carbocycles. The third-order valence-corrected chi connectivity index (χ3v) is 7.53. The Labute approximate surface area is 146 Å². The Morgan fingerprint density at radius 1 is 1.32 bits per heavy atom. The molecule has 6 rings (SSSR count). The number of ketones is 1. The number of carbonyl (C=O) groups excluding carboxylic acids is 1. The van der Waals surface area contributed by atoms with Crippen molar-refractivity contribution in [1.29, 1.82) is 0 Å². The lowest BCUT2D eigenvalue weighted by atomic mass is 9.49. The van der Waals surface area contributed by atoms with Crippen LogP contribution in [0, 0.1) is 11.7 Å². The highest BCUT2D eigenvalue weighted by molar-refractivity contribution is 5.89. The van der Waals surface area contributed by atoms with Gasteiger partial charge in [-0.15, -0.1) is 0 Å². The van der Waals surface area contributed by atoms with E-state index < -0.39 is 22.9 Å². The second kappa shape index (κ2) is 4.44. The second-order valence-electron chi connectivity index (χ2n) is 8.68. The molecule has 1 aromatic rings. The largest absolute Gasteiger partial charge is 0.478 e. The Morgan fingerprint density at radius 2 is 2.16 bits per heavy atom. The van der Waals surface area contributed by atoms with E-state index in [9.17, 15) is 14.3 Å². The summed E-state index contributed by atoms with van der Waals surface area (Å²) >= 11 is 0. The molecule has 0 unspecified atom stereocenters. The molecule has 3 aliphatic carbocycles. The fourth-order valence-corrected chi connectivity index (χ4v) is 6.25. The first-order valence-electron chi connectivity index (χ1n) is 9.52. The van der Waals surface area contributed by atoms with Crippen LogP contribution >= 0.6 is 0 Å². The monoisotopic (exact) mass is 342 g/mol. The number of hydrogen-bond donors (Lipinski definition) is 1. The maximum Gasteiger partial charge on any atom is 0.174 e. The fourth-order valence-electron chi connectivity index (χ4n) is 6.25. The highest BCUT2D eigenvalue weighted by Crippen LogP contribution is 2.63. The van der Waals surface area contributed by atoms with Gasteiger partial charge in [0, 0.05) is 24.6 Å². The summed E-state index contributed by atoms with van der Waals surface area (Å²) in [5, 5.41) is 11.9. The van der Waals surface area contributed by atoms with Crippen molar-refractivity contribution in [3.05, 3.63) is 29.1 Å². The van der Waals surface area contributed by atoms with Crippen LogP contribution in [0.1, 0.15) is 43.2 Å². The van der Waals surface area contributed by atoms with Crippen LogP contribution in [0.15, 0.2) is 12.1 Å². The molecular formula is C20H22FNO3. The molecule has 0 radical (unpaired) electrons. The molecule has 3 fully saturated rings. The average molecular weight is 342 g/mol. The van der Waals surface area contributed by atoms with Crippen molar-refractivity contribution in [3.8, 4) is 5.75 Å². The highest BCUT2D eigenvalue weighted by Gasteiger charge is 2.73. The maximum absolute atomic E-state index is 14.5. The minimum atomic E-state index is -0.995. The van der Waals surface area contributed by atoms with Gasteiger partial charge in [0.05, 0.1) is 11.0 Å². The number of likely N-dealkylation sites (tertiary alicyclic amines) is 1. The average Bonchev–Trinajstić information content (AvgIpc) is 3.32. The van der Waals surface area contributed by atoms with Crippen LogP contribution in [0.2, 0.25) is 0 Å². The first-order chi connectivity index (χ1) is 12.0. The van der Waals surface area contributed by atoms with Gasteiger partial charge in [0.25, 0.3) is 0 Å². The van der Waals surface area contributed by atoms with Crippen LogP contribution in [0.5, 0.6) is 5.75 Å². The molecule has 132 valence electrons. The predicted molar refractivity (Wildman–Crippen MR) is 88.1 cm³/mol. The molecule has 2 aliphatic heterocycles. The van der Waals surface area contributed by atoms with Crippen molar-refractivity contribution in [1.82, 2.24) is 4.90 Å². The van der Waals surface area contributed by atoms with E-state index >= 15 is 0 Å². The third kappa shape index (κ3) is 1.58. The normalized spacial score (nSPS) is 41.4. The molecule has 1 spiro atoms. The fraction of sp³-hybridized carbons (Fsp3) is 0.650. The van der Waals surface area contributed by atoms with Crippen molar-refractivity contribution in [2.24, 2.45) is 5.92 Å². The lowest BCUT2D eigenvalue weighted by Crippen LogP contribution is -2.76. The molecule has 5 aliphatic rings. The van der Waals surface area contributed by atoms with Crippen LogP contribution in [-0.4, -0.2) is 46.6 Å². The molecule has 1 saturated heterocycles. The van der Waals surface area contributed by atoms with E-state index in [0.717, 1.165) is 36.6 Å². The van der Waals surface area contributed by atoms with E-state index in [0.29, 0.717) is 19.3 Å². The molecule has 2 heterocycles. The second-order valence-corrected chi connectivity index (χ2v) is 8.68. The number of benzene rings is 1. The summed E-state index contributed by atoms with van der Waals surface area (Å²) in [5.74, 6) is 0.591. The van der Waals surface area contributed by atoms with Gasteiger partial charge in [0.1, 0.15) is 0 Å². The van der Waals surface area contributed by atoms with Crippen molar-refractivity contribution in [2.45, 2.75) is 61.7 Å². The van der Waals surface area contributed by atoms with E-state index in [4.69, 9.17) is 4.74 Å². The number of aliphatic hydroxyl groups is 1. The highest BCUT2D eigenvalue weighted by atomic mass is 18.2. The molecule has 4 atom stereocenters. The van der Waals surface area contributed by atoms with Gasteiger partial charge in [0.15, 0.2) is 23.5 Å². The minimum absolute atomic E-state index is 0.00459.